The monoisotopic (exact) mass is 428 g/mol. The van der Waals surface area contributed by atoms with Gasteiger partial charge in [0.15, 0.2) is 0 Å². The molecule has 0 amide bonds. The van der Waals surface area contributed by atoms with Crippen molar-refractivity contribution < 1.29 is 14.4 Å². The molecule has 1 aromatic carbocycles. The van der Waals surface area contributed by atoms with Crippen LogP contribution in [0.1, 0.15) is 32.3 Å². The third kappa shape index (κ3) is 4.97. The lowest BCUT2D eigenvalue weighted by atomic mass is 9.80. The molecule has 8 heteroatoms. The average molecular weight is 429 g/mol. The van der Waals surface area contributed by atoms with Gasteiger partial charge in [-0.2, -0.15) is 4.98 Å². The van der Waals surface area contributed by atoms with Crippen molar-refractivity contribution in [3.63, 3.8) is 0 Å². The Labute approximate surface area is 181 Å². The van der Waals surface area contributed by atoms with E-state index in [2.05, 4.69) is 46.4 Å². The van der Waals surface area contributed by atoms with Crippen LogP contribution in [0.5, 0.6) is 0 Å². The van der Waals surface area contributed by atoms with Crippen molar-refractivity contribution >= 4 is 24.2 Å². The summed E-state index contributed by atoms with van der Waals surface area (Å²) >= 11 is 0. The molecule has 0 saturated heterocycles. The van der Waals surface area contributed by atoms with Gasteiger partial charge in [-0.05, 0) is 55.0 Å². The topological polar surface area (TPSA) is 101 Å². The summed E-state index contributed by atoms with van der Waals surface area (Å²) in [6.07, 6.45) is 3.99. The molecule has 2 heterocycles. The molecule has 7 nitrogen and oxygen atoms in total. The van der Waals surface area contributed by atoms with Gasteiger partial charge in [-0.25, -0.2) is 4.98 Å². The number of carboxylic acid groups (broad SMARTS) is 1. The van der Waals surface area contributed by atoms with Gasteiger partial charge in [0.1, 0.15) is 5.82 Å². The van der Waals surface area contributed by atoms with E-state index in [0.29, 0.717) is 36.3 Å². The van der Waals surface area contributed by atoms with Crippen LogP contribution in [-0.2, 0) is 11.2 Å². The van der Waals surface area contributed by atoms with Crippen LogP contribution in [0.3, 0.4) is 0 Å². The number of halogens is 1. The molecule has 1 saturated carbocycles. The minimum Gasteiger partial charge on any atom is -0.481 e. The molecule has 0 radical (unpaired) electrons. The summed E-state index contributed by atoms with van der Waals surface area (Å²) in [7, 11) is 0. The number of aromatic nitrogens is 3. The first-order chi connectivity index (χ1) is 14.0. The number of aliphatic carboxylic acids is 1. The fourth-order valence-electron chi connectivity index (χ4n) is 3.47. The molecule has 30 heavy (non-hydrogen) atoms. The van der Waals surface area contributed by atoms with Crippen LogP contribution < -0.4 is 5.32 Å². The van der Waals surface area contributed by atoms with E-state index in [0.717, 1.165) is 17.5 Å². The van der Waals surface area contributed by atoms with Crippen LogP contribution in [0, 0.1) is 11.8 Å². The number of carbonyl (C=O) groups is 1. The van der Waals surface area contributed by atoms with Crippen molar-refractivity contribution in [3.05, 3.63) is 48.2 Å². The second-order valence-electron chi connectivity index (χ2n) is 8.00. The molecule has 2 N–H and O–H groups in total. The van der Waals surface area contributed by atoms with Crippen molar-refractivity contribution in [1.29, 1.82) is 0 Å². The fraction of sp³-hybridized carbons (Fsp3) is 0.364. The van der Waals surface area contributed by atoms with Gasteiger partial charge in [0, 0.05) is 23.4 Å². The lowest BCUT2D eigenvalue weighted by Gasteiger charge is -2.33. The van der Waals surface area contributed by atoms with Crippen molar-refractivity contribution in [3.8, 4) is 22.8 Å². The van der Waals surface area contributed by atoms with Crippen LogP contribution in [0.25, 0.3) is 22.8 Å². The summed E-state index contributed by atoms with van der Waals surface area (Å²) in [5.74, 6) is 1.32. The Bertz CT molecular complexity index is 980. The summed E-state index contributed by atoms with van der Waals surface area (Å²) in [5.41, 5.74) is 2.94. The van der Waals surface area contributed by atoms with Gasteiger partial charge in [0.05, 0.1) is 5.92 Å². The third-order valence-corrected chi connectivity index (χ3v) is 5.13. The average Bonchev–Trinajstić information content (AvgIpc) is 3.15. The number of carboxylic acids is 1. The highest BCUT2D eigenvalue weighted by atomic mass is 35.5. The Balaban J connectivity index is 0.00000256. The Morgan fingerprint density at radius 3 is 2.47 bits per heavy atom. The van der Waals surface area contributed by atoms with Crippen LogP contribution in [0.4, 0.5) is 5.82 Å². The van der Waals surface area contributed by atoms with Gasteiger partial charge in [0.25, 0.3) is 5.89 Å². The van der Waals surface area contributed by atoms with Gasteiger partial charge >= 0.3 is 5.97 Å². The SMILES string of the molecule is CC(C)Cc1ccc(-c2nc(-c3ccc(NC4CC(C(=O)O)C4)nc3)no2)cc1.Cl. The minimum atomic E-state index is -0.728. The van der Waals surface area contributed by atoms with E-state index < -0.39 is 5.97 Å². The maximum absolute atomic E-state index is 10.9. The lowest BCUT2D eigenvalue weighted by Crippen LogP contribution is -2.39. The second-order valence-corrected chi connectivity index (χ2v) is 8.00. The number of nitrogens with one attached hydrogen (secondary N) is 1. The molecule has 0 spiro atoms. The van der Waals surface area contributed by atoms with Gasteiger partial charge in [-0.1, -0.05) is 31.1 Å². The van der Waals surface area contributed by atoms with E-state index >= 15 is 0 Å². The Morgan fingerprint density at radius 1 is 1.17 bits per heavy atom. The van der Waals surface area contributed by atoms with Crippen molar-refractivity contribution in [2.75, 3.05) is 5.32 Å². The first-order valence-corrected chi connectivity index (χ1v) is 9.86. The highest BCUT2D eigenvalue weighted by Gasteiger charge is 2.34. The Morgan fingerprint density at radius 2 is 1.87 bits per heavy atom. The predicted octanol–water partition coefficient (Wildman–Crippen LogP) is 4.69. The number of benzene rings is 1. The van der Waals surface area contributed by atoms with Crippen molar-refractivity contribution in [1.82, 2.24) is 15.1 Å². The standard InChI is InChI=1S/C22H24N4O3.ClH/c1-13(2)9-14-3-5-15(6-4-14)21-25-20(26-29-21)16-7-8-19(23-12-16)24-18-10-17(11-18)22(27)28;/h3-8,12-13,17-18H,9-11H2,1-2H3,(H,23,24)(H,27,28);1H. The molecular formula is C22H25ClN4O3. The maximum Gasteiger partial charge on any atom is 0.306 e. The number of hydrogen-bond acceptors (Lipinski definition) is 6. The molecule has 0 bridgehead atoms. The Kier molecular flexibility index (Phi) is 6.72. The largest absolute Gasteiger partial charge is 0.481 e. The zero-order valence-electron chi connectivity index (χ0n) is 16.9. The summed E-state index contributed by atoms with van der Waals surface area (Å²) in [6, 6.07) is 12.1. The molecule has 1 aliphatic rings. The van der Waals surface area contributed by atoms with Gasteiger partial charge in [-0.3, -0.25) is 4.79 Å². The summed E-state index contributed by atoms with van der Waals surface area (Å²) in [4.78, 5) is 19.8. The number of nitrogens with zero attached hydrogens (tertiary/aromatic N) is 3. The van der Waals surface area contributed by atoms with E-state index in [9.17, 15) is 4.79 Å². The molecular weight excluding hydrogens is 404 g/mol. The van der Waals surface area contributed by atoms with E-state index in [1.54, 1.807) is 6.20 Å². The second kappa shape index (κ2) is 9.26. The van der Waals surface area contributed by atoms with E-state index in [1.807, 2.05) is 24.3 Å². The Hall–Kier alpha value is -2.93. The normalized spacial score (nSPS) is 17.8. The predicted molar refractivity (Wildman–Crippen MR) is 117 cm³/mol. The van der Waals surface area contributed by atoms with Crippen molar-refractivity contribution in [2.45, 2.75) is 39.2 Å². The fourth-order valence-corrected chi connectivity index (χ4v) is 3.47. The first kappa shape index (κ1) is 21.8. The summed E-state index contributed by atoms with van der Waals surface area (Å²) in [6.45, 7) is 4.40. The molecule has 0 aliphatic heterocycles. The molecule has 4 rings (SSSR count). The quantitative estimate of drug-likeness (QED) is 0.562. The molecule has 1 fully saturated rings. The number of hydrogen-bond donors (Lipinski definition) is 2. The summed E-state index contributed by atoms with van der Waals surface area (Å²) < 4.78 is 5.42. The van der Waals surface area contributed by atoms with Gasteiger partial charge in [0.2, 0.25) is 5.82 Å². The van der Waals surface area contributed by atoms with E-state index in [4.69, 9.17) is 9.63 Å². The number of anilines is 1. The number of pyridine rings is 1. The molecule has 3 aromatic rings. The zero-order chi connectivity index (χ0) is 20.4. The zero-order valence-corrected chi connectivity index (χ0v) is 17.7. The van der Waals surface area contributed by atoms with Crippen LogP contribution in [0.2, 0.25) is 0 Å². The van der Waals surface area contributed by atoms with Gasteiger partial charge in [-0.15, -0.1) is 12.4 Å². The van der Waals surface area contributed by atoms with Crippen LogP contribution >= 0.6 is 12.4 Å². The summed E-state index contributed by atoms with van der Waals surface area (Å²) in [5, 5.41) is 16.3. The van der Waals surface area contributed by atoms with Crippen LogP contribution in [-0.4, -0.2) is 32.2 Å². The van der Waals surface area contributed by atoms with Crippen molar-refractivity contribution in [2.24, 2.45) is 11.8 Å². The molecule has 158 valence electrons. The molecule has 0 unspecified atom stereocenters. The minimum absolute atomic E-state index is 0. The molecule has 0 atom stereocenters. The van der Waals surface area contributed by atoms with E-state index in [-0.39, 0.29) is 24.4 Å². The highest BCUT2D eigenvalue weighted by Crippen LogP contribution is 2.30. The highest BCUT2D eigenvalue weighted by molar-refractivity contribution is 5.85. The third-order valence-electron chi connectivity index (χ3n) is 5.13. The maximum atomic E-state index is 10.9. The van der Waals surface area contributed by atoms with Gasteiger partial charge < -0.3 is 14.9 Å². The smallest absolute Gasteiger partial charge is 0.306 e. The van der Waals surface area contributed by atoms with E-state index in [1.165, 1.54) is 5.56 Å². The first-order valence-electron chi connectivity index (χ1n) is 9.86. The molecule has 2 aromatic heterocycles. The number of rotatable bonds is 7. The molecule has 1 aliphatic carbocycles. The lowest BCUT2D eigenvalue weighted by molar-refractivity contribution is -0.144. The van der Waals surface area contributed by atoms with Crippen LogP contribution in [0.15, 0.2) is 47.1 Å².